The van der Waals surface area contributed by atoms with Crippen molar-refractivity contribution in [3.8, 4) is 22.3 Å². The molecule has 30 heavy (non-hydrogen) atoms. The summed E-state index contributed by atoms with van der Waals surface area (Å²) < 4.78 is 49.6. The maximum absolute atomic E-state index is 15.4. The highest BCUT2D eigenvalue weighted by Gasteiger charge is 2.36. The van der Waals surface area contributed by atoms with Gasteiger partial charge >= 0.3 is 5.97 Å². The van der Waals surface area contributed by atoms with E-state index in [-0.39, 0.29) is 28.9 Å². The Morgan fingerprint density at radius 2 is 1.67 bits per heavy atom. The SMILES string of the molecule is CCCCCc1cc2c(c(F)c1F)-c1c-2ccc(C2CCC(C(=O)OC)CC2)c1F. The molecule has 2 aromatic rings. The first-order valence-corrected chi connectivity index (χ1v) is 10.9. The fourth-order valence-electron chi connectivity index (χ4n) is 5.00. The number of methoxy groups -OCH3 is 1. The standard InChI is InChI=1S/C25H27F3O2/c1-3-4-5-6-16-13-19-18-12-11-17(14-7-9-15(10-8-14)25(29)30-2)23(27)20(18)21(19)24(28)22(16)26/h11-15H,3-10H2,1-2H3. The Labute approximate surface area is 175 Å². The van der Waals surface area contributed by atoms with Crippen LogP contribution >= 0.6 is 0 Å². The molecule has 0 amide bonds. The number of ether oxygens (including phenoxy) is 1. The summed E-state index contributed by atoms with van der Waals surface area (Å²) in [7, 11) is 1.38. The molecule has 2 aliphatic carbocycles. The molecule has 0 N–H and O–H groups in total. The van der Waals surface area contributed by atoms with Gasteiger partial charge in [-0.15, -0.1) is 0 Å². The summed E-state index contributed by atoms with van der Waals surface area (Å²) in [4.78, 5) is 11.7. The normalized spacial score (nSPS) is 19.6. The van der Waals surface area contributed by atoms with Gasteiger partial charge in [-0.25, -0.2) is 13.2 Å². The molecule has 4 rings (SSSR count). The van der Waals surface area contributed by atoms with Crippen molar-refractivity contribution >= 4 is 5.97 Å². The minimum absolute atomic E-state index is 0.0264. The van der Waals surface area contributed by atoms with Gasteiger partial charge in [0.1, 0.15) is 5.82 Å². The van der Waals surface area contributed by atoms with Gasteiger partial charge in [0, 0.05) is 11.1 Å². The first-order chi connectivity index (χ1) is 14.5. The lowest BCUT2D eigenvalue weighted by atomic mass is 9.73. The van der Waals surface area contributed by atoms with Crippen LogP contribution in [-0.2, 0) is 16.0 Å². The third-order valence-corrected chi connectivity index (χ3v) is 6.75. The van der Waals surface area contributed by atoms with Crippen molar-refractivity contribution < 1.29 is 22.7 Å². The van der Waals surface area contributed by atoms with Crippen molar-refractivity contribution in [3.63, 3.8) is 0 Å². The van der Waals surface area contributed by atoms with Crippen LogP contribution in [0.25, 0.3) is 22.3 Å². The highest BCUT2D eigenvalue weighted by molar-refractivity contribution is 6.03. The maximum Gasteiger partial charge on any atom is 0.308 e. The fraction of sp³-hybridized carbons (Fsp3) is 0.480. The molecule has 0 radical (unpaired) electrons. The van der Waals surface area contributed by atoms with Gasteiger partial charge in [0.25, 0.3) is 0 Å². The molecule has 0 saturated heterocycles. The van der Waals surface area contributed by atoms with Crippen molar-refractivity contribution in [3.05, 3.63) is 46.8 Å². The molecule has 0 atom stereocenters. The Morgan fingerprint density at radius 3 is 2.33 bits per heavy atom. The molecule has 1 fully saturated rings. The van der Waals surface area contributed by atoms with Gasteiger partial charge in [0.2, 0.25) is 0 Å². The van der Waals surface area contributed by atoms with Gasteiger partial charge in [-0.2, -0.15) is 0 Å². The Kier molecular flexibility index (Phi) is 5.90. The quantitative estimate of drug-likeness (QED) is 0.322. The van der Waals surface area contributed by atoms with Crippen LogP contribution in [0.2, 0.25) is 0 Å². The van der Waals surface area contributed by atoms with E-state index in [1.807, 2.05) is 6.07 Å². The van der Waals surface area contributed by atoms with Gasteiger partial charge < -0.3 is 4.74 Å². The van der Waals surface area contributed by atoms with Gasteiger partial charge in [0.15, 0.2) is 11.6 Å². The van der Waals surface area contributed by atoms with E-state index in [0.717, 1.165) is 19.3 Å². The number of carbonyl (C=O) groups is 1. The number of carbonyl (C=O) groups excluding carboxylic acids is 1. The molecule has 0 bridgehead atoms. The van der Waals surface area contributed by atoms with Gasteiger partial charge in [0.05, 0.1) is 13.0 Å². The lowest BCUT2D eigenvalue weighted by Gasteiger charge is -2.31. The molecule has 2 aliphatic rings. The topological polar surface area (TPSA) is 26.3 Å². The number of halogens is 3. The van der Waals surface area contributed by atoms with E-state index < -0.39 is 17.5 Å². The summed E-state index contributed by atoms with van der Waals surface area (Å²) in [6, 6.07) is 5.29. The second kappa shape index (κ2) is 8.44. The zero-order valence-corrected chi connectivity index (χ0v) is 17.5. The van der Waals surface area contributed by atoms with Crippen LogP contribution in [0.3, 0.4) is 0 Å². The van der Waals surface area contributed by atoms with E-state index in [1.165, 1.54) is 7.11 Å². The van der Waals surface area contributed by atoms with Crippen molar-refractivity contribution in [1.82, 2.24) is 0 Å². The number of unbranched alkanes of at least 4 members (excludes halogenated alkanes) is 2. The predicted octanol–water partition coefficient (Wildman–Crippen LogP) is 6.93. The number of benzene rings is 2. The molecular weight excluding hydrogens is 389 g/mol. The highest BCUT2D eigenvalue weighted by atomic mass is 19.2. The fourth-order valence-corrected chi connectivity index (χ4v) is 5.00. The van der Waals surface area contributed by atoms with E-state index in [2.05, 4.69) is 6.92 Å². The van der Waals surface area contributed by atoms with E-state index in [1.54, 1.807) is 12.1 Å². The summed E-state index contributed by atoms with van der Waals surface area (Å²) in [5.41, 5.74) is 2.45. The maximum atomic E-state index is 15.4. The molecule has 160 valence electrons. The van der Waals surface area contributed by atoms with Crippen LogP contribution in [0.1, 0.15) is 68.9 Å². The second-order valence-corrected chi connectivity index (χ2v) is 8.51. The van der Waals surface area contributed by atoms with Crippen molar-refractivity contribution in [2.45, 2.75) is 64.2 Å². The zero-order valence-electron chi connectivity index (χ0n) is 17.5. The van der Waals surface area contributed by atoms with Crippen LogP contribution in [0.4, 0.5) is 13.2 Å². The summed E-state index contributed by atoms with van der Waals surface area (Å²) in [6.07, 6.45) is 5.91. The molecule has 1 saturated carbocycles. The van der Waals surface area contributed by atoms with Crippen LogP contribution in [0, 0.1) is 23.4 Å². The van der Waals surface area contributed by atoms with E-state index in [4.69, 9.17) is 4.74 Å². The van der Waals surface area contributed by atoms with Gasteiger partial charge in [-0.1, -0.05) is 31.9 Å². The molecular formula is C25H27F3O2. The average Bonchev–Trinajstić information content (AvgIpc) is 2.75. The van der Waals surface area contributed by atoms with Crippen LogP contribution in [-0.4, -0.2) is 13.1 Å². The Hall–Kier alpha value is -2.30. The molecule has 0 heterocycles. The lowest BCUT2D eigenvalue weighted by Crippen LogP contribution is -2.23. The van der Waals surface area contributed by atoms with Crippen LogP contribution < -0.4 is 0 Å². The highest BCUT2D eigenvalue weighted by Crippen LogP contribution is 2.53. The molecule has 2 nitrogen and oxygen atoms in total. The summed E-state index contributed by atoms with van der Waals surface area (Å²) in [6.45, 7) is 2.06. The summed E-state index contributed by atoms with van der Waals surface area (Å²) in [5.74, 6) is -2.61. The number of hydrogen-bond donors (Lipinski definition) is 0. The summed E-state index contributed by atoms with van der Waals surface area (Å²) in [5, 5.41) is 0. The number of fused-ring (bicyclic) bond motifs is 4. The van der Waals surface area contributed by atoms with Crippen molar-refractivity contribution in [2.75, 3.05) is 7.11 Å². The third-order valence-electron chi connectivity index (χ3n) is 6.75. The number of rotatable bonds is 6. The Morgan fingerprint density at radius 1 is 0.967 bits per heavy atom. The minimum Gasteiger partial charge on any atom is -0.469 e. The summed E-state index contributed by atoms with van der Waals surface area (Å²) >= 11 is 0. The second-order valence-electron chi connectivity index (χ2n) is 8.51. The Bertz CT molecular complexity index is 975. The molecule has 0 spiro atoms. The number of esters is 1. The largest absolute Gasteiger partial charge is 0.469 e. The predicted molar refractivity (Wildman–Crippen MR) is 111 cm³/mol. The van der Waals surface area contributed by atoms with Gasteiger partial charge in [-0.3, -0.25) is 4.79 Å². The van der Waals surface area contributed by atoms with E-state index >= 15 is 4.39 Å². The first-order valence-electron chi connectivity index (χ1n) is 10.9. The number of aryl methyl sites for hydroxylation is 1. The zero-order chi connectivity index (χ0) is 21.4. The molecule has 0 aliphatic heterocycles. The van der Waals surface area contributed by atoms with Crippen LogP contribution in [0.15, 0.2) is 18.2 Å². The average molecular weight is 416 g/mol. The van der Waals surface area contributed by atoms with Crippen molar-refractivity contribution in [1.29, 1.82) is 0 Å². The van der Waals surface area contributed by atoms with E-state index in [0.29, 0.717) is 54.4 Å². The molecule has 2 aromatic carbocycles. The van der Waals surface area contributed by atoms with Crippen molar-refractivity contribution in [2.24, 2.45) is 5.92 Å². The van der Waals surface area contributed by atoms with E-state index in [9.17, 15) is 13.6 Å². The Balaban J connectivity index is 1.59. The monoisotopic (exact) mass is 416 g/mol. The smallest absolute Gasteiger partial charge is 0.308 e. The first kappa shape index (κ1) is 21.0. The third kappa shape index (κ3) is 3.42. The van der Waals surface area contributed by atoms with Crippen LogP contribution in [0.5, 0.6) is 0 Å². The molecule has 0 aromatic heterocycles. The van der Waals surface area contributed by atoms with Gasteiger partial charge in [-0.05, 0) is 72.8 Å². The number of hydrogen-bond acceptors (Lipinski definition) is 2. The lowest BCUT2D eigenvalue weighted by molar-refractivity contribution is -0.146. The molecule has 5 heteroatoms. The minimum atomic E-state index is -0.933. The molecule has 0 unspecified atom stereocenters.